The molecule has 96 valence electrons. The van der Waals surface area contributed by atoms with Crippen molar-refractivity contribution in [2.24, 2.45) is 0 Å². The summed E-state index contributed by atoms with van der Waals surface area (Å²) in [5, 5.41) is 6.44. The maximum Gasteiger partial charge on any atom is 0.141 e. The number of pyridine rings is 1. The van der Waals surface area contributed by atoms with Crippen LogP contribution in [0.4, 0.5) is 4.39 Å². The minimum absolute atomic E-state index is 0.0553. The van der Waals surface area contributed by atoms with Crippen molar-refractivity contribution in [3.63, 3.8) is 0 Å². The van der Waals surface area contributed by atoms with Gasteiger partial charge in [0.1, 0.15) is 5.82 Å². The number of aryl methyl sites for hydroxylation is 1. The van der Waals surface area contributed by atoms with Crippen LogP contribution in [-0.4, -0.2) is 16.5 Å². The topological polar surface area (TPSA) is 37.8 Å². The first kappa shape index (κ1) is 13.1. The first-order valence-corrected chi connectivity index (χ1v) is 6.82. The molecule has 2 aromatic rings. The molecule has 0 amide bonds. The standard InChI is InChI=1S/C13H16FN3S/c1-3-16-13(5-12-8-18-9(2)17-12)10-4-11(14)7-15-6-10/h4,6-8,13,16H,3,5H2,1-2H3. The van der Waals surface area contributed by atoms with Crippen LogP contribution in [0.25, 0.3) is 0 Å². The monoisotopic (exact) mass is 265 g/mol. The zero-order valence-electron chi connectivity index (χ0n) is 10.5. The van der Waals surface area contributed by atoms with E-state index in [2.05, 4.69) is 15.3 Å². The van der Waals surface area contributed by atoms with Gasteiger partial charge < -0.3 is 5.32 Å². The molecule has 0 aliphatic rings. The van der Waals surface area contributed by atoms with E-state index >= 15 is 0 Å². The Balaban J connectivity index is 2.17. The van der Waals surface area contributed by atoms with Gasteiger partial charge in [-0.2, -0.15) is 0 Å². The average molecular weight is 265 g/mol. The first-order valence-electron chi connectivity index (χ1n) is 5.94. The molecule has 1 N–H and O–H groups in total. The number of halogens is 1. The van der Waals surface area contributed by atoms with E-state index in [1.54, 1.807) is 17.5 Å². The molecule has 0 aliphatic heterocycles. The highest BCUT2D eigenvalue weighted by molar-refractivity contribution is 7.09. The van der Waals surface area contributed by atoms with E-state index in [1.807, 2.05) is 19.2 Å². The zero-order chi connectivity index (χ0) is 13.0. The van der Waals surface area contributed by atoms with E-state index in [-0.39, 0.29) is 11.9 Å². The summed E-state index contributed by atoms with van der Waals surface area (Å²) in [6, 6.07) is 1.58. The quantitative estimate of drug-likeness (QED) is 0.903. The van der Waals surface area contributed by atoms with Crippen molar-refractivity contribution in [3.05, 3.63) is 45.9 Å². The fourth-order valence-corrected chi connectivity index (χ4v) is 2.51. The molecule has 2 aromatic heterocycles. The summed E-state index contributed by atoms with van der Waals surface area (Å²) in [6.07, 6.45) is 3.68. The van der Waals surface area contributed by atoms with Crippen molar-refractivity contribution in [1.29, 1.82) is 0 Å². The number of aromatic nitrogens is 2. The molecule has 1 atom stereocenters. The fourth-order valence-electron chi connectivity index (χ4n) is 1.88. The van der Waals surface area contributed by atoms with E-state index in [9.17, 15) is 4.39 Å². The van der Waals surface area contributed by atoms with Crippen LogP contribution in [0, 0.1) is 12.7 Å². The Bertz CT molecular complexity index is 512. The van der Waals surface area contributed by atoms with E-state index in [0.29, 0.717) is 0 Å². The minimum atomic E-state index is -0.301. The predicted octanol–water partition coefficient (Wildman–Crippen LogP) is 2.88. The minimum Gasteiger partial charge on any atom is -0.310 e. The van der Waals surface area contributed by atoms with Gasteiger partial charge in [0.15, 0.2) is 0 Å². The molecule has 18 heavy (non-hydrogen) atoms. The van der Waals surface area contributed by atoms with Crippen molar-refractivity contribution in [2.45, 2.75) is 26.3 Å². The highest BCUT2D eigenvalue weighted by Crippen LogP contribution is 2.19. The van der Waals surface area contributed by atoms with Crippen molar-refractivity contribution in [1.82, 2.24) is 15.3 Å². The summed E-state index contributed by atoms with van der Waals surface area (Å²) in [6.45, 7) is 4.84. The van der Waals surface area contributed by atoms with Crippen molar-refractivity contribution in [2.75, 3.05) is 6.54 Å². The van der Waals surface area contributed by atoms with Crippen molar-refractivity contribution < 1.29 is 4.39 Å². The molecule has 0 spiro atoms. The van der Waals surface area contributed by atoms with Gasteiger partial charge in [-0.1, -0.05) is 6.92 Å². The Morgan fingerprint density at radius 2 is 2.28 bits per heavy atom. The van der Waals surface area contributed by atoms with Crippen LogP contribution in [0.3, 0.4) is 0 Å². The fraction of sp³-hybridized carbons (Fsp3) is 0.385. The first-order chi connectivity index (χ1) is 8.69. The van der Waals surface area contributed by atoms with Crippen LogP contribution < -0.4 is 5.32 Å². The van der Waals surface area contributed by atoms with Gasteiger partial charge in [-0.25, -0.2) is 9.37 Å². The summed E-state index contributed by atoms with van der Waals surface area (Å²) in [4.78, 5) is 8.35. The number of nitrogens with zero attached hydrogens (tertiary/aromatic N) is 2. The Labute approximate surface area is 110 Å². The third kappa shape index (κ3) is 3.34. The highest BCUT2D eigenvalue weighted by atomic mass is 32.1. The molecule has 0 saturated heterocycles. The van der Waals surface area contributed by atoms with Gasteiger partial charge in [-0.3, -0.25) is 4.98 Å². The summed E-state index contributed by atoms with van der Waals surface area (Å²) < 4.78 is 13.2. The molecular weight excluding hydrogens is 249 g/mol. The van der Waals surface area contributed by atoms with Crippen LogP contribution in [-0.2, 0) is 6.42 Å². The van der Waals surface area contributed by atoms with Crippen LogP contribution in [0.5, 0.6) is 0 Å². The van der Waals surface area contributed by atoms with Gasteiger partial charge >= 0.3 is 0 Å². The zero-order valence-corrected chi connectivity index (χ0v) is 11.3. The van der Waals surface area contributed by atoms with Gasteiger partial charge in [0.2, 0.25) is 0 Å². The van der Waals surface area contributed by atoms with E-state index in [0.717, 1.165) is 29.2 Å². The second kappa shape index (κ2) is 6.02. The van der Waals surface area contributed by atoms with Gasteiger partial charge in [-0.15, -0.1) is 11.3 Å². The van der Waals surface area contributed by atoms with Gasteiger partial charge in [0.05, 0.1) is 16.9 Å². The second-order valence-corrected chi connectivity index (χ2v) is 5.17. The lowest BCUT2D eigenvalue weighted by Gasteiger charge is -2.16. The Hall–Kier alpha value is -1.33. The molecule has 0 aliphatic carbocycles. The second-order valence-electron chi connectivity index (χ2n) is 4.11. The van der Waals surface area contributed by atoms with Crippen molar-refractivity contribution >= 4 is 11.3 Å². The van der Waals surface area contributed by atoms with Crippen LogP contribution in [0.1, 0.15) is 29.2 Å². The summed E-state index contributed by atoms with van der Waals surface area (Å²) in [5.41, 5.74) is 1.90. The number of rotatable bonds is 5. The molecular formula is C13H16FN3S. The normalized spacial score (nSPS) is 12.6. The van der Waals surface area contributed by atoms with E-state index in [4.69, 9.17) is 0 Å². The van der Waals surface area contributed by atoms with Gasteiger partial charge in [0.25, 0.3) is 0 Å². The highest BCUT2D eigenvalue weighted by Gasteiger charge is 2.13. The Kier molecular flexibility index (Phi) is 4.38. The lowest BCUT2D eigenvalue weighted by Crippen LogP contribution is -2.23. The number of thiazole rings is 1. The lowest BCUT2D eigenvalue weighted by atomic mass is 10.0. The molecule has 5 heteroatoms. The Morgan fingerprint density at radius 3 is 2.89 bits per heavy atom. The molecule has 3 nitrogen and oxygen atoms in total. The SMILES string of the molecule is CCNC(Cc1csc(C)n1)c1cncc(F)c1. The molecule has 2 rings (SSSR count). The molecule has 0 bridgehead atoms. The van der Waals surface area contributed by atoms with Gasteiger partial charge in [0, 0.05) is 24.0 Å². The maximum absolute atomic E-state index is 13.2. The lowest BCUT2D eigenvalue weighted by molar-refractivity contribution is 0.535. The van der Waals surface area contributed by atoms with Crippen molar-refractivity contribution in [3.8, 4) is 0 Å². The third-order valence-corrected chi connectivity index (χ3v) is 3.48. The summed E-state index contributed by atoms with van der Waals surface area (Å²) in [7, 11) is 0. The molecule has 0 radical (unpaired) electrons. The molecule has 0 aromatic carbocycles. The summed E-state index contributed by atoms with van der Waals surface area (Å²) >= 11 is 1.63. The Morgan fingerprint density at radius 1 is 1.44 bits per heavy atom. The maximum atomic E-state index is 13.2. The van der Waals surface area contributed by atoms with E-state index in [1.165, 1.54) is 12.3 Å². The third-order valence-electron chi connectivity index (χ3n) is 2.66. The number of nitrogens with one attached hydrogen (secondary N) is 1. The molecule has 1 unspecified atom stereocenters. The van der Waals surface area contributed by atoms with Gasteiger partial charge in [-0.05, 0) is 25.1 Å². The number of hydrogen-bond acceptors (Lipinski definition) is 4. The summed E-state index contributed by atoms with van der Waals surface area (Å²) in [5.74, 6) is -0.301. The van der Waals surface area contributed by atoms with Crippen LogP contribution in [0.15, 0.2) is 23.8 Å². The number of likely N-dealkylation sites (N-methyl/N-ethyl adjacent to an activating group) is 1. The van der Waals surface area contributed by atoms with E-state index < -0.39 is 0 Å². The molecule has 0 saturated carbocycles. The average Bonchev–Trinajstić information content (AvgIpc) is 2.74. The predicted molar refractivity (Wildman–Crippen MR) is 71.2 cm³/mol. The smallest absolute Gasteiger partial charge is 0.141 e. The van der Waals surface area contributed by atoms with Crippen LogP contribution in [0.2, 0.25) is 0 Å². The largest absolute Gasteiger partial charge is 0.310 e. The van der Waals surface area contributed by atoms with Crippen LogP contribution >= 0.6 is 11.3 Å². The molecule has 2 heterocycles. The molecule has 0 fully saturated rings. The number of hydrogen-bond donors (Lipinski definition) is 1.